The van der Waals surface area contributed by atoms with Gasteiger partial charge in [-0.1, -0.05) is 27.5 Å². The second-order valence-corrected chi connectivity index (χ2v) is 7.82. The molecule has 29 heavy (non-hydrogen) atoms. The van der Waals surface area contributed by atoms with Gasteiger partial charge in [-0.05, 0) is 67.1 Å². The molecule has 0 aliphatic heterocycles. The lowest BCUT2D eigenvalue weighted by molar-refractivity contribution is 0.102. The van der Waals surface area contributed by atoms with Crippen molar-refractivity contribution in [2.75, 3.05) is 12.4 Å². The molecule has 4 aromatic rings. The van der Waals surface area contributed by atoms with Crippen molar-refractivity contribution in [3.8, 4) is 17.2 Å². The number of halogens is 2. The maximum absolute atomic E-state index is 12.8. The third kappa shape index (κ3) is 3.99. The van der Waals surface area contributed by atoms with Gasteiger partial charge in [0.1, 0.15) is 11.3 Å². The van der Waals surface area contributed by atoms with Crippen molar-refractivity contribution in [2.24, 2.45) is 0 Å². The van der Waals surface area contributed by atoms with E-state index in [1.165, 1.54) is 0 Å². The van der Waals surface area contributed by atoms with Crippen LogP contribution in [0.25, 0.3) is 22.6 Å². The van der Waals surface area contributed by atoms with Gasteiger partial charge in [0.25, 0.3) is 5.91 Å². The van der Waals surface area contributed by atoms with Crippen LogP contribution in [0.3, 0.4) is 0 Å². The highest BCUT2D eigenvalue weighted by Crippen LogP contribution is 2.30. The summed E-state index contributed by atoms with van der Waals surface area (Å²) in [6, 6.07) is 16.2. The normalized spacial score (nSPS) is 10.9. The van der Waals surface area contributed by atoms with Crippen LogP contribution >= 0.6 is 27.5 Å². The molecule has 1 amide bonds. The van der Waals surface area contributed by atoms with Crippen molar-refractivity contribution in [2.45, 2.75) is 6.92 Å². The van der Waals surface area contributed by atoms with Crippen LogP contribution in [-0.2, 0) is 0 Å². The second-order valence-electron chi connectivity index (χ2n) is 6.47. The van der Waals surface area contributed by atoms with E-state index in [-0.39, 0.29) is 5.91 Å². The Hall–Kier alpha value is -2.83. The minimum absolute atomic E-state index is 0.271. The van der Waals surface area contributed by atoms with Crippen molar-refractivity contribution in [1.82, 2.24) is 4.98 Å². The molecular weight excluding hydrogens is 456 g/mol. The highest BCUT2D eigenvalue weighted by Gasteiger charge is 2.17. The van der Waals surface area contributed by atoms with Crippen LogP contribution in [0.15, 0.2) is 63.5 Å². The van der Waals surface area contributed by atoms with Gasteiger partial charge in [-0.2, -0.15) is 0 Å². The summed E-state index contributed by atoms with van der Waals surface area (Å²) >= 11 is 9.36. The van der Waals surface area contributed by atoms with Crippen LogP contribution in [0, 0.1) is 6.92 Å². The summed E-state index contributed by atoms with van der Waals surface area (Å²) in [5.41, 5.74) is 4.02. The number of aromatic nitrogens is 1. The van der Waals surface area contributed by atoms with Crippen LogP contribution in [0.4, 0.5) is 5.69 Å². The van der Waals surface area contributed by atoms with Crippen molar-refractivity contribution in [3.05, 3.63) is 75.2 Å². The molecule has 1 aromatic heterocycles. The van der Waals surface area contributed by atoms with Gasteiger partial charge in [-0.25, -0.2) is 4.98 Å². The molecule has 0 radical (unpaired) electrons. The third-order valence-corrected chi connectivity index (χ3v) is 5.13. The van der Waals surface area contributed by atoms with Crippen molar-refractivity contribution in [3.63, 3.8) is 0 Å². The fraction of sp³-hybridized carbons (Fsp3) is 0.0909. The number of nitrogens with zero attached hydrogens (tertiary/aromatic N) is 1. The highest BCUT2D eigenvalue weighted by molar-refractivity contribution is 9.10. The zero-order valence-corrected chi connectivity index (χ0v) is 18.0. The minimum Gasteiger partial charge on any atom is -0.496 e. The number of oxazole rings is 1. The number of fused-ring (bicyclic) bond motifs is 1. The van der Waals surface area contributed by atoms with E-state index in [1.54, 1.807) is 43.5 Å². The third-order valence-electron chi connectivity index (χ3n) is 4.42. The molecule has 1 heterocycles. The second kappa shape index (κ2) is 7.89. The van der Waals surface area contributed by atoms with E-state index < -0.39 is 0 Å². The summed E-state index contributed by atoms with van der Waals surface area (Å²) in [4.78, 5) is 17.3. The van der Waals surface area contributed by atoms with Gasteiger partial charge in [0.2, 0.25) is 5.89 Å². The summed E-state index contributed by atoms with van der Waals surface area (Å²) < 4.78 is 12.0. The number of hydrogen-bond donors (Lipinski definition) is 1. The van der Waals surface area contributed by atoms with Gasteiger partial charge in [-0.15, -0.1) is 0 Å². The number of carbonyl (C=O) groups is 1. The molecule has 0 unspecified atom stereocenters. The molecule has 0 fully saturated rings. The van der Waals surface area contributed by atoms with E-state index in [2.05, 4.69) is 26.2 Å². The van der Waals surface area contributed by atoms with Crippen LogP contribution in [0.5, 0.6) is 5.75 Å². The first-order chi connectivity index (χ1) is 13.9. The molecule has 0 bridgehead atoms. The molecule has 4 rings (SSSR count). The number of ether oxygens (including phenoxy) is 1. The van der Waals surface area contributed by atoms with E-state index in [4.69, 9.17) is 20.8 Å². The van der Waals surface area contributed by atoms with Gasteiger partial charge in [0.05, 0.1) is 12.7 Å². The van der Waals surface area contributed by atoms with Gasteiger partial charge in [0, 0.05) is 20.7 Å². The van der Waals surface area contributed by atoms with E-state index in [9.17, 15) is 4.79 Å². The Morgan fingerprint density at radius 1 is 1.14 bits per heavy atom. The van der Waals surface area contributed by atoms with Crippen LogP contribution < -0.4 is 10.1 Å². The number of nitrogens with one attached hydrogen (secondary N) is 1. The lowest BCUT2D eigenvalue weighted by Gasteiger charge is -2.12. The Morgan fingerprint density at radius 3 is 2.62 bits per heavy atom. The topological polar surface area (TPSA) is 64.4 Å². The summed E-state index contributed by atoms with van der Waals surface area (Å²) in [5.74, 6) is 0.759. The fourth-order valence-electron chi connectivity index (χ4n) is 3.09. The zero-order valence-electron chi connectivity index (χ0n) is 15.6. The fourth-order valence-corrected chi connectivity index (χ4v) is 3.79. The Balaban J connectivity index is 1.64. The van der Waals surface area contributed by atoms with Crippen LogP contribution in [-0.4, -0.2) is 18.0 Å². The Bertz CT molecular complexity index is 1220. The van der Waals surface area contributed by atoms with Crippen LogP contribution in [0.1, 0.15) is 15.9 Å². The summed E-state index contributed by atoms with van der Waals surface area (Å²) in [7, 11) is 1.55. The quantitative estimate of drug-likeness (QED) is 0.370. The molecule has 146 valence electrons. The monoisotopic (exact) mass is 470 g/mol. The Kier molecular flexibility index (Phi) is 5.30. The minimum atomic E-state index is -0.271. The molecule has 0 aliphatic carbocycles. The van der Waals surface area contributed by atoms with E-state index >= 15 is 0 Å². The molecule has 0 aliphatic rings. The van der Waals surface area contributed by atoms with Crippen molar-refractivity contribution < 1.29 is 13.9 Å². The van der Waals surface area contributed by atoms with Gasteiger partial charge in [0.15, 0.2) is 5.58 Å². The first-order valence-electron chi connectivity index (χ1n) is 8.76. The van der Waals surface area contributed by atoms with Crippen molar-refractivity contribution >= 4 is 50.2 Å². The molecule has 0 saturated heterocycles. The smallest absolute Gasteiger partial charge is 0.259 e. The summed E-state index contributed by atoms with van der Waals surface area (Å²) in [6.07, 6.45) is 0. The van der Waals surface area contributed by atoms with E-state index in [1.807, 2.05) is 25.1 Å². The van der Waals surface area contributed by atoms with Gasteiger partial charge >= 0.3 is 0 Å². The molecule has 7 heteroatoms. The first-order valence-corrected chi connectivity index (χ1v) is 9.93. The number of methoxy groups -OCH3 is 1. The predicted molar refractivity (Wildman–Crippen MR) is 118 cm³/mol. The number of aryl methyl sites for hydroxylation is 1. The maximum Gasteiger partial charge on any atom is 0.259 e. The molecule has 3 aromatic carbocycles. The lowest BCUT2D eigenvalue weighted by atomic mass is 10.1. The number of benzene rings is 3. The van der Waals surface area contributed by atoms with Crippen LogP contribution in [0.2, 0.25) is 5.02 Å². The molecular formula is C22H16BrClN2O3. The number of hydrogen-bond acceptors (Lipinski definition) is 4. The van der Waals surface area contributed by atoms with E-state index in [0.717, 1.165) is 15.6 Å². The number of carbonyl (C=O) groups excluding carboxylic acids is 1. The highest BCUT2D eigenvalue weighted by atomic mass is 79.9. The molecule has 0 atom stereocenters. The zero-order chi connectivity index (χ0) is 20.5. The van der Waals surface area contributed by atoms with Gasteiger partial charge in [-0.3, -0.25) is 4.79 Å². The SMILES string of the molecule is COc1c(C)cc(Br)cc1C(=O)Nc1ccc2oc(-c3ccc(Cl)cc3)nc2c1. The average Bonchev–Trinajstić information content (AvgIpc) is 3.11. The molecule has 0 saturated carbocycles. The Labute approximate surface area is 180 Å². The van der Waals surface area contributed by atoms with E-state index in [0.29, 0.717) is 39.0 Å². The van der Waals surface area contributed by atoms with Gasteiger partial charge < -0.3 is 14.5 Å². The maximum atomic E-state index is 12.8. The first kappa shape index (κ1) is 19.5. The average molecular weight is 472 g/mol. The number of anilines is 1. The summed E-state index contributed by atoms with van der Waals surface area (Å²) in [5, 5.41) is 3.54. The Morgan fingerprint density at radius 2 is 1.90 bits per heavy atom. The largest absolute Gasteiger partial charge is 0.496 e. The molecule has 5 nitrogen and oxygen atoms in total. The van der Waals surface area contributed by atoms with Crippen molar-refractivity contribution in [1.29, 1.82) is 0 Å². The summed E-state index contributed by atoms with van der Waals surface area (Å²) in [6.45, 7) is 1.89. The number of amides is 1. The lowest BCUT2D eigenvalue weighted by Crippen LogP contribution is -2.13. The molecule has 0 spiro atoms. The standard InChI is InChI=1S/C22H16BrClN2O3/c1-12-9-14(23)10-17(20(12)28-2)21(27)25-16-7-8-19-18(11-16)26-22(29-19)13-3-5-15(24)6-4-13/h3-11H,1-2H3,(H,25,27). The number of rotatable bonds is 4. The molecule has 1 N–H and O–H groups in total. The predicted octanol–water partition coefficient (Wildman–Crippen LogP) is 6.48.